The monoisotopic (exact) mass is 542 g/mol. The van der Waals surface area contributed by atoms with Crippen molar-refractivity contribution < 1.29 is 19.1 Å². The van der Waals surface area contributed by atoms with Crippen molar-refractivity contribution in [2.24, 2.45) is 0 Å². The van der Waals surface area contributed by atoms with Crippen LogP contribution in [-0.2, 0) is 17.9 Å². The lowest BCUT2D eigenvalue weighted by molar-refractivity contribution is -0.123. The van der Waals surface area contributed by atoms with Crippen molar-refractivity contribution in [2.45, 2.75) is 13.1 Å². The van der Waals surface area contributed by atoms with Gasteiger partial charge in [-0.2, -0.15) is 5.10 Å². The van der Waals surface area contributed by atoms with Crippen LogP contribution >= 0.6 is 0 Å². The average Bonchev–Trinajstić information content (AvgIpc) is 3.70. The number of fused-ring (bicyclic) bond motifs is 7. The summed E-state index contributed by atoms with van der Waals surface area (Å²) in [5, 5.41) is 7.05. The first kappa shape index (κ1) is 25.6. The van der Waals surface area contributed by atoms with Crippen LogP contribution in [0.5, 0.6) is 11.5 Å². The number of methoxy groups -OCH3 is 1. The Morgan fingerprint density at radius 2 is 1.98 bits per heavy atom. The molecule has 0 spiro atoms. The van der Waals surface area contributed by atoms with Crippen LogP contribution in [0.1, 0.15) is 15.9 Å². The van der Waals surface area contributed by atoms with Gasteiger partial charge in [0, 0.05) is 68.5 Å². The molecule has 4 aromatic rings. The molecule has 206 valence electrons. The largest absolute Gasteiger partial charge is 0.493 e. The number of nitrogens with zero attached hydrogens (tertiary/aromatic N) is 7. The van der Waals surface area contributed by atoms with Crippen LogP contribution in [0.2, 0.25) is 0 Å². The molecule has 0 saturated carbocycles. The van der Waals surface area contributed by atoms with Crippen molar-refractivity contribution in [1.82, 2.24) is 39.4 Å². The van der Waals surface area contributed by atoms with E-state index in [1.807, 2.05) is 44.6 Å². The number of imidazole rings is 1. The van der Waals surface area contributed by atoms with E-state index in [4.69, 9.17) is 9.47 Å². The number of carbonyl (C=O) groups excluding carboxylic acids is 2. The third-order valence-corrected chi connectivity index (χ3v) is 7.19. The third-order valence-electron chi connectivity index (χ3n) is 7.19. The molecular formula is C28H30N8O4. The molecule has 0 radical (unpaired) electrons. The molecule has 1 fully saturated rings. The molecule has 4 heterocycles. The minimum atomic E-state index is -0.273. The zero-order valence-corrected chi connectivity index (χ0v) is 22.2. The molecule has 0 atom stereocenters. The van der Waals surface area contributed by atoms with Crippen LogP contribution in [0.15, 0.2) is 61.4 Å². The van der Waals surface area contributed by atoms with Crippen molar-refractivity contribution in [3.63, 3.8) is 0 Å². The zero-order valence-electron chi connectivity index (χ0n) is 22.2. The molecule has 2 amide bonds. The molecule has 40 heavy (non-hydrogen) atoms. The molecule has 12 heteroatoms. The molecule has 4 bridgehead atoms. The average molecular weight is 543 g/mol. The second kappa shape index (κ2) is 11.2. The van der Waals surface area contributed by atoms with E-state index in [1.54, 1.807) is 31.8 Å². The van der Waals surface area contributed by atoms with E-state index < -0.39 is 0 Å². The number of carbonyl (C=O) groups is 2. The summed E-state index contributed by atoms with van der Waals surface area (Å²) in [6.45, 7) is 4.54. The maximum atomic E-state index is 13.7. The fourth-order valence-corrected chi connectivity index (χ4v) is 5.04. The van der Waals surface area contributed by atoms with Gasteiger partial charge in [-0.3, -0.25) is 23.7 Å². The molecule has 2 aliphatic rings. The minimum Gasteiger partial charge on any atom is -0.493 e. The van der Waals surface area contributed by atoms with Gasteiger partial charge in [0.15, 0.2) is 18.1 Å². The number of aromatic nitrogens is 5. The number of ether oxygens (including phenoxy) is 2. The molecule has 2 aliphatic heterocycles. The van der Waals surface area contributed by atoms with Crippen molar-refractivity contribution in [3.05, 3.63) is 72.6 Å². The van der Waals surface area contributed by atoms with Crippen LogP contribution < -0.4 is 14.8 Å². The lowest BCUT2D eigenvalue weighted by atomic mass is 10.1. The maximum absolute atomic E-state index is 13.7. The van der Waals surface area contributed by atoms with E-state index in [1.165, 1.54) is 6.33 Å². The SMILES string of the molecule is COc1ccc2cc1OCC(=O)NCc1cc(C(=O)N3CCN(CCn4cncn4)CC3)cc(c1)-n1ccnc1-2. The van der Waals surface area contributed by atoms with Crippen molar-refractivity contribution >= 4 is 11.8 Å². The van der Waals surface area contributed by atoms with Gasteiger partial charge in [0.05, 0.1) is 13.7 Å². The van der Waals surface area contributed by atoms with E-state index in [-0.39, 0.29) is 25.0 Å². The summed E-state index contributed by atoms with van der Waals surface area (Å²) in [4.78, 5) is 39.1. The summed E-state index contributed by atoms with van der Waals surface area (Å²) in [7, 11) is 1.56. The highest BCUT2D eigenvalue weighted by atomic mass is 16.5. The van der Waals surface area contributed by atoms with E-state index in [0.717, 1.165) is 43.0 Å². The summed E-state index contributed by atoms with van der Waals surface area (Å²) >= 11 is 0. The topological polar surface area (TPSA) is 120 Å². The van der Waals surface area contributed by atoms with Gasteiger partial charge < -0.3 is 19.7 Å². The maximum Gasteiger partial charge on any atom is 0.258 e. The summed E-state index contributed by atoms with van der Waals surface area (Å²) in [6.07, 6.45) is 6.83. The summed E-state index contributed by atoms with van der Waals surface area (Å²) < 4.78 is 15.0. The first-order chi connectivity index (χ1) is 19.6. The third kappa shape index (κ3) is 5.38. The lowest BCUT2D eigenvalue weighted by Crippen LogP contribution is -2.49. The number of hydrogen-bond acceptors (Lipinski definition) is 8. The van der Waals surface area contributed by atoms with Crippen LogP contribution in [0, 0.1) is 0 Å². The smallest absolute Gasteiger partial charge is 0.258 e. The molecule has 1 N–H and O–H groups in total. The lowest BCUT2D eigenvalue weighted by Gasteiger charge is -2.34. The van der Waals surface area contributed by atoms with Gasteiger partial charge in [-0.15, -0.1) is 0 Å². The van der Waals surface area contributed by atoms with Gasteiger partial charge in [0.1, 0.15) is 18.5 Å². The molecule has 2 aromatic heterocycles. The number of amides is 2. The van der Waals surface area contributed by atoms with E-state index in [0.29, 0.717) is 36.0 Å². The van der Waals surface area contributed by atoms with Crippen molar-refractivity contribution in [2.75, 3.05) is 46.4 Å². The van der Waals surface area contributed by atoms with Crippen molar-refractivity contribution in [1.29, 1.82) is 0 Å². The van der Waals surface area contributed by atoms with E-state index in [2.05, 4.69) is 25.3 Å². The van der Waals surface area contributed by atoms with Crippen molar-refractivity contribution in [3.8, 4) is 28.6 Å². The number of rotatable bonds is 5. The van der Waals surface area contributed by atoms with Gasteiger partial charge in [-0.25, -0.2) is 9.97 Å². The Morgan fingerprint density at radius 1 is 1.10 bits per heavy atom. The molecule has 2 aromatic carbocycles. The highest BCUT2D eigenvalue weighted by Gasteiger charge is 2.24. The first-order valence-corrected chi connectivity index (χ1v) is 13.2. The van der Waals surface area contributed by atoms with Crippen LogP contribution in [0.25, 0.3) is 17.1 Å². The van der Waals surface area contributed by atoms with Gasteiger partial charge in [-0.1, -0.05) is 0 Å². The Hall–Kier alpha value is -4.71. The molecule has 12 nitrogen and oxygen atoms in total. The van der Waals surface area contributed by atoms with E-state index in [9.17, 15) is 9.59 Å². The van der Waals surface area contributed by atoms with Gasteiger partial charge >= 0.3 is 0 Å². The Balaban J connectivity index is 1.27. The number of piperazine rings is 1. The first-order valence-electron chi connectivity index (χ1n) is 13.2. The molecule has 6 rings (SSSR count). The predicted octanol–water partition coefficient (Wildman–Crippen LogP) is 1.61. The second-order valence-corrected chi connectivity index (χ2v) is 9.73. The Kier molecular flexibility index (Phi) is 7.15. The highest BCUT2D eigenvalue weighted by molar-refractivity contribution is 5.95. The summed E-state index contributed by atoms with van der Waals surface area (Å²) in [5.74, 6) is 1.35. The fourth-order valence-electron chi connectivity index (χ4n) is 5.04. The predicted molar refractivity (Wildman–Crippen MR) is 145 cm³/mol. The van der Waals surface area contributed by atoms with Crippen LogP contribution in [0.4, 0.5) is 0 Å². The Bertz CT molecular complexity index is 1510. The molecule has 0 unspecified atom stereocenters. The Labute approximate surface area is 231 Å². The molecule has 1 saturated heterocycles. The summed E-state index contributed by atoms with van der Waals surface area (Å²) in [6, 6.07) is 11.2. The standard InChI is InChI=1S/C28H30N8O4/c1-39-24-3-2-21-15-25(24)40-17-26(37)31-16-20-12-22(14-23(13-20)36-5-4-30-27(21)36)28(38)34-9-6-33(7-10-34)8-11-35-19-29-18-32-35/h2-5,12-15,18-19H,6-11,16-17H2,1H3,(H,31,37). The fraction of sp³-hybridized carbons (Fsp3) is 0.321. The van der Waals surface area contributed by atoms with Gasteiger partial charge in [0.2, 0.25) is 0 Å². The number of benzene rings is 2. The second-order valence-electron chi connectivity index (χ2n) is 9.73. The number of nitrogens with one attached hydrogen (secondary N) is 1. The quantitative estimate of drug-likeness (QED) is 0.404. The van der Waals surface area contributed by atoms with Crippen LogP contribution in [-0.4, -0.2) is 92.4 Å². The molecule has 0 aliphatic carbocycles. The Morgan fingerprint density at radius 3 is 2.77 bits per heavy atom. The summed E-state index contributed by atoms with van der Waals surface area (Å²) in [5.41, 5.74) is 2.95. The molecular weight excluding hydrogens is 512 g/mol. The minimum absolute atomic E-state index is 0.0357. The van der Waals surface area contributed by atoms with Crippen LogP contribution in [0.3, 0.4) is 0 Å². The van der Waals surface area contributed by atoms with E-state index >= 15 is 0 Å². The normalized spacial score (nSPS) is 15.6. The van der Waals surface area contributed by atoms with Gasteiger partial charge in [-0.05, 0) is 42.0 Å². The number of hydrogen-bond donors (Lipinski definition) is 1. The highest BCUT2D eigenvalue weighted by Crippen LogP contribution is 2.33. The van der Waals surface area contributed by atoms with Gasteiger partial charge in [0.25, 0.3) is 11.8 Å². The zero-order chi connectivity index (χ0) is 27.5.